The van der Waals surface area contributed by atoms with Crippen molar-refractivity contribution in [2.75, 3.05) is 20.5 Å². The van der Waals surface area contributed by atoms with Crippen LogP contribution >= 0.6 is 11.3 Å². The third kappa shape index (κ3) is 4.54. The van der Waals surface area contributed by atoms with E-state index in [9.17, 15) is 18.0 Å². The molecule has 3 aromatic rings. The molecule has 0 aliphatic rings. The molecule has 8 nitrogen and oxygen atoms in total. The fourth-order valence-electron chi connectivity index (χ4n) is 2.62. The predicted octanol–water partition coefficient (Wildman–Crippen LogP) is 2.03. The Balaban J connectivity index is 2.18. The van der Waals surface area contributed by atoms with Crippen LogP contribution in [-0.2, 0) is 25.9 Å². The third-order valence-electron chi connectivity index (χ3n) is 4.11. The SMILES string of the molecule is COC(=O)Cn1c(=NC(=O)c2cccc(OC)c2)sc2cc(S(C)(=O)=O)ccc21. The molecule has 0 aliphatic heterocycles. The zero-order valence-electron chi connectivity index (χ0n) is 15.9. The molecular formula is C19H18N2O6S2. The van der Waals surface area contributed by atoms with Crippen molar-refractivity contribution in [2.24, 2.45) is 4.99 Å². The molecule has 0 aliphatic carbocycles. The molecule has 3 rings (SSSR count). The van der Waals surface area contributed by atoms with E-state index < -0.39 is 21.7 Å². The molecule has 1 heterocycles. The fourth-order valence-corrected chi connectivity index (χ4v) is 4.41. The van der Waals surface area contributed by atoms with Crippen molar-refractivity contribution >= 4 is 43.3 Å². The Kier molecular flexibility index (Phi) is 5.85. The first-order valence-electron chi connectivity index (χ1n) is 8.36. The largest absolute Gasteiger partial charge is 0.497 e. The van der Waals surface area contributed by atoms with E-state index in [0.29, 0.717) is 21.5 Å². The Labute approximate surface area is 171 Å². The number of ether oxygens (including phenoxy) is 2. The summed E-state index contributed by atoms with van der Waals surface area (Å²) < 4.78 is 35.7. The van der Waals surface area contributed by atoms with Gasteiger partial charge in [-0.15, -0.1) is 0 Å². The Morgan fingerprint density at radius 3 is 2.55 bits per heavy atom. The van der Waals surface area contributed by atoms with Gasteiger partial charge in [-0.25, -0.2) is 8.42 Å². The fraction of sp³-hybridized carbons (Fsp3) is 0.211. The molecular weight excluding hydrogens is 416 g/mol. The van der Waals surface area contributed by atoms with Crippen molar-refractivity contribution in [1.29, 1.82) is 0 Å². The van der Waals surface area contributed by atoms with Gasteiger partial charge in [0.25, 0.3) is 5.91 Å². The number of rotatable bonds is 5. The summed E-state index contributed by atoms with van der Waals surface area (Å²) in [5.41, 5.74) is 0.897. The molecule has 0 bridgehead atoms. The monoisotopic (exact) mass is 434 g/mol. The number of fused-ring (bicyclic) bond motifs is 1. The van der Waals surface area contributed by atoms with Gasteiger partial charge in [0.15, 0.2) is 14.6 Å². The summed E-state index contributed by atoms with van der Waals surface area (Å²) in [4.78, 5) is 29.1. The predicted molar refractivity (Wildman–Crippen MR) is 108 cm³/mol. The van der Waals surface area contributed by atoms with Crippen molar-refractivity contribution < 1.29 is 27.5 Å². The van der Waals surface area contributed by atoms with Crippen LogP contribution in [0.3, 0.4) is 0 Å². The number of nitrogens with zero attached hydrogens (tertiary/aromatic N) is 2. The van der Waals surface area contributed by atoms with Gasteiger partial charge in [-0.2, -0.15) is 4.99 Å². The molecule has 0 fully saturated rings. The first kappa shape index (κ1) is 20.7. The Bertz CT molecular complexity index is 1270. The molecule has 0 unspecified atom stereocenters. The maximum Gasteiger partial charge on any atom is 0.325 e. The van der Waals surface area contributed by atoms with Gasteiger partial charge in [0.1, 0.15) is 12.3 Å². The summed E-state index contributed by atoms with van der Waals surface area (Å²) in [5.74, 6) is -0.521. The van der Waals surface area contributed by atoms with Crippen LogP contribution in [0.2, 0.25) is 0 Å². The Morgan fingerprint density at radius 2 is 1.90 bits per heavy atom. The molecule has 10 heteroatoms. The van der Waals surface area contributed by atoms with Gasteiger partial charge in [-0.3, -0.25) is 9.59 Å². The number of aromatic nitrogens is 1. The van der Waals surface area contributed by atoms with Crippen molar-refractivity contribution in [3.05, 3.63) is 52.8 Å². The van der Waals surface area contributed by atoms with Crippen LogP contribution in [0.5, 0.6) is 5.75 Å². The van der Waals surface area contributed by atoms with Crippen LogP contribution in [0.4, 0.5) is 0 Å². The zero-order valence-corrected chi connectivity index (χ0v) is 17.5. The minimum absolute atomic E-state index is 0.141. The van der Waals surface area contributed by atoms with E-state index in [-0.39, 0.29) is 16.2 Å². The average molecular weight is 434 g/mol. The van der Waals surface area contributed by atoms with Crippen molar-refractivity contribution in [2.45, 2.75) is 11.4 Å². The molecule has 2 aromatic carbocycles. The van der Waals surface area contributed by atoms with Crippen LogP contribution in [0.15, 0.2) is 52.4 Å². The van der Waals surface area contributed by atoms with Crippen LogP contribution < -0.4 is 9.54 Å². The number of amides is 1. The van der Waals surface area contributed by atoms with E-state index in [0.717, 1.165) is 17.6 Å². The number of benzene rings is 2. The molecule has 1 aromatic heterocycles. The standard InChI is InChI=1S/C19H18N2O6S2/c1-26-13-6-4-5-12(9-13)18(23)20-19-21(11-17(22)27-2)15-8-7-14(29(3,24)25)10-16(15)28-19/h4-10H,11H2,1-3H3. The summed E-state index contributed by atoms with van der Waals surface area (Å²) in [5, 5.41) is 0. The normalized spacial score (nSPS) is 12.2. The van der Waals surface area contributed by atoms with E-state index in [4.69, 9.17) is 9.47 Å². The highest BCUT2D eigenvalue weighted by molar-refractivity contribution is 7.90. The van der Waals surface area contributed by atoms with E-state index >= 15 is 0 Å². The lowest BCUT2D eigenvalue weighted by Gasteiger charge is -2.04. The molecule has 0 saturated heterocycles. The Morgan fingerprint density at radius 1 is 1.14 bits per heavy atom. The lowest BCUT2D eigenvalue weighted by Crippen LogP contribution is -2.22. The maximum atomic E-state index is 12.7. The van der Waals surface area contributed by atoms with Gasteiger partial charge < -0.3 is 14.0 Å². The molecule has 0 saturated carbocycles. The Hall–Kier alpha value is -2.98. The van der Waals surface area contributed by atoms with Crippen LogP contribution in [0.1, 0.15) is 10.4 Å². The van der Waals surface area contributed by atoms with Crippen LogP contribution in [0, 0.1) is 0 Å². The topological polar surface area (TPSA) is 104 Å². The van der Waals surface area contributed by atoms with Gasteiger partial charge in [-0.05, 0) is 36.4 Å². The van der Waals surface area contributed by atoms with Crippen molar-refractivity contribution in [3.8, 4) is 5.75 Å². The highest BCUT2D eigenvalue weighted by Crippen LogP contribution is 2.22. The number of esters is 1. The minimum atomic E-state index is -3.40. The van der Waals surface area contributed by atoms with E-state index in [2.05, 4.69) is 4.99 Å². The molecule has 0 radical (unpaired) electrons. The van der Waals surface area contributed by atoms with Gasteiger partial charge in [0, 0.05) is 11.8 Å². The second-order valence-electron chi connectivity index (χ2n) is 6.10. The minimum Gasteiger partial charge on any atom is -0.497 e. The molecule has 29 heavy (non-hydrogen) atoms. The first-order chi connectivity index (χ1) is 13.7. The average Bonchev–Trinajstić information content (AvgIpc) is 3.03. The van der Waals surface area contributed by atoms with Crippen LogP contribution in [-0.4, -0.2) is 45.3 Å². The van der Waals surface area contributed by atoms with Gasteiger partial charge in [0.05, 0.1) is 29.3 Å². The molecule has 0 N–H and O–H groups in total. The summed E-state index contributed by atoms with van der Waals surface area (Å²) >= 11 is 1.11. The smallest absolute Gasteiger partial charge is 0.325 e. The second-order valence-corrected chi connectivity index (χ2v) is 9.12. The quantitative estimate of drug-likeness (QED) is 0.569. The molecule has 0 spiro atoms. The number of methoxy groups -OCH3 is 2. The second kappa shape index (κ2) is 8.18. The summed E-state index contributed by atoms with van der Waals surface area (Å²) in [6, 6.07) is 11.1. The van der Waals surface area contributed by atoms with E-state index in [1.807, 2.05) is 0 Å². The van der Waals surface area contributed by atoms with Gasteiger partial charge >= 0.3 is 5.97 Å². The highest BCUT2D eigenvalue weighted by atomic mass is 32.2. The highest BCUT2D eigenvalue weighted by Gasteiger charge is 2.15. The summed E-state index contributed by atoms with van der Waals surface area (Å²) in [6.07, 6.45) is 1.11. The summed E-state index contributed by atoms with van der Waals surface area (Å²) in [7, 11) is -0.647. The number of hydrogen-bond donors (Lipinski definition) is 0. The maximum absolute atomic E-state index is 12.7. The van der Waals surface area contributed by atoms with Crippen molar-refractivity contribution in [3.63, 3.8) is 0 Å². The zero-order chi connectivity index (χ0) is 21.2. The molecule has 1 amide bonds. The summed E-state index contributed by atoms with van der Waals surface area (Å²) in [6.45, 7) is -0.168. The molecule has 0 atom stereocenters. The first-order valence-corrected chi connectivity index (χ1v) is 11.1. The van der Waals surface area contributed by atoms with Crippen molar-refractivity contribution in [1.82, 2.24) is 4.57 Å². The van der Waals surface area contributed by atoms with Gasteiger partial charge in [-0.1, -0.05) is 17.4 Å². The van der Waals surface area contributed by atoms with Gasteiger partial charge in [0.2, 0.25) is 0 Å². The molecule has 152 valence electrons. The lowest BCUT2D eigenvalue weighted by atomic mass is 10.2. The number of sulfone groups is 1. The lowest BCUT2D eigenvalue weighted by molar-refractivity contribution is -0.141. The number of thiazole rings is 1. The van der Waals surface area contributed by atoms with Crippen LogP contribution in [0.25, 0.3) is 10.2 Å². The number of carbonyl (C=O) groups is 2. The number of carbonyl (C=O) groups excluding carboxylic acids is 2. The number of hydrogen-bond acceptors (Lipinski definition) is 7. The third-order valence-corrected chi connectivity index (χ3v) is 6.26. The van der Waals surface area contributed by atoms with E-state index in [1.165, 1.54) is 30.9 Å². The van der Waals surface area contributed by atoms with E-state index in [1.54, 1.807) is 30.3 Å².